The number of hydrogen-bond donors (Lipinski definition) is 0. The van der Waals surface area contributed by atoms with E-state index < -0.39 is 25.3 Å². The number of methoxy groups -OCH3 is 2. The molecule has 0 aromatic heterocycles. The second-order valence-electron chi connectivity index (χ2n) is 5.22. The van der Waals surface area contributed by atoms with Crippen LogP contribution in [0.3, 0.4) is 0 Å². The third kappa shape index (κ3) is 6.00. The van der Waals surface area contributed by atoms with Crippen LogP contribution in [-0.4, -0.2) is 40.9 Å². The highest BCUT2D eigenvalue weighted by molar-refractivity contribution is 5.32. The summed E-state index contributed by atoms with van der Waals surface area (Å²) in [5.74, 6) is 1.05. The summed E-state index contributed by atoms with van der Waals surface area (Å²) in [7, 11) is 3.02. The van der Waals surface area contributed by atoms with Crippen molar-refractivity contribution in [3.8, 4) is 11.5 Å². The number of ether oxygens (including phenoxy) is 6. The molecule has 1 unspecified atom stereocenters. The van der Waals surface area contributed by atoms with Gasteiger partial charge in [-0.3, -0.25) is 0 Å². The van der Waals surface area contributed by atoms with Gasteiger partial charge in [0.25, 0.3) is 0 Å². The molecule has 6 nitrogen and oxygen atoms in total. The Kier molecular flexibility index (Phi) is 4.51. The van der Waals surface area contributed by atoms with Crippen molar-refractivity contribution >= 4 is 0 Å². The predicted molar refractivity (Wildman–Crippen MR) is 95.3 cm³/mol. The number of hydrogen-bond acceptors (Lipinski definition) is 6. The van der Waals surface area contributed by atoms with Crippen molar-refractivity contribution in [2.45, 2.75) is 12.2 Å². The van der Waals surface area contributed by atoms with E-state index in [1.165, 1.54) is 14.2 Å². The monoisotopic (exact) mass is 366 g/mol. The van der Waals surface area contributed by atoms with Gasteiger partial charge in [-0.15, -0.1) is 0 Å². The average molecular weight is 366 g/mol. The minimum Gasteiger partial charge on any atom is -0.468 e. The second kappa shape index (κ2) is 9.54. The van der Waals surface area contributed by atoms with Crippen molar-refractivity contribution in [1.29, 1.82) is 0 Å². The zero-order chi connectivity index (χ0) is 23.6. The summed E-state index contributed by atoms with van der Waals surface area (Å²) in [6.07, 6.45) is -3.22. The van der Waals surface area contributed by atoms with E-state index in [-0.39, 0.29) is 13.6 Å². The maximum atomic E-state index is 7.78. The highest BCUT2D eigenvalue weighted by atomic mass is 16.7. The van der Waals surface area contributed by atoms with E-state index >= 15 is 0 Å². The quantitative estimate of drug-likeness (QED) is 0.526. The minimum atomic E-state index is -1.92. The molecule has 0 spiro atoms. The molecule has 4 rings (SSSR count). The van der Waals surface area contributed by atoms with Crippen LogP contribution >= 0.6 is 0 Å². The van der Waals surface area contributed by atoms with Crippen LogP contribution in [0, 0.1) is 0 Å². The van der Waals surface area contributed by atoms with Gasteiger partial charge < -0.3 is 28.4 Å². The Morgan fingerprint density at radius 3 is 1.65 bits per heavy atom. The molecule has 0 radical (unpaired) electrons. The second-order valence-corrected chi connectivity index (χ2v) is 5.22. The van der Waals surface area contributed by atoms with Crippen LogP contribution < -0.4 is 9.47 Å². The Labute approximate surface area is 162 Å². The number of rotatable bonds is 8. The Balaban J connectivity index is 0.000000181. The maximum absolute atomic E-state index is 7.78. The molecular formula is C20H24O6. The van der Waals surface area contributed by atoms with Gasteiger partial charge in [-0.05, 0) is 35.4 Å². The summed E-state index contributed by atoms with van der Waals surface area (Å²) in [5, 5.41) is 0. The maximum Gasteiger partial charge on any atom is 0.188 e. The van der Waals surface area contributed by atoms with E-state index in [4.69, 9.17) is 36.6 Å². The van der Waals surface area contributed by atoms with Gasteiger partial charge in [0.15, 0.2) is 13.6 Å². The molecule has 140 valence electrons. The van der Waals surface area contributed by atoms with E-state index in [9.17, 15) is 0 Å². The Bertz CT molecular complexity index is 869. The van der Waals surface area contributed by atoms with Crippen LogP contribution in [-0.2, 0) is 18.9 Å². The highest BCUT2D eigenvalue weighted by Gasteiger charge is 2.25. The third-order valence-corrected chi connectivity index (χ3v) is 3.29. The zero-order valence-electron chi connectivity index (χ0n) is 20.5. The van der Waals surface area contributed by atoms with Crippen molar-refractivity contribution < 1.29 is 36.6 Å². The van der Waals surface area contributed by atoms with Crippen molar-refractivity contribution in [1.82, 2.24) is 0 Å². The van der Waals surface area contributed by atoms with Gasteiger partial charge in [0.05, 0.1) is 21.3 Å². The van der Waals surface area contributed by atoms with E-state index in [1.54, 1.807) is 48.5 Å². The van der Waals surface area contributed by atoms with Crippen LogP contribution in [0.25, 0.3) is 0 Å². The Morgan fingerprint density at radius 2 is 1.31 bits per heavy atom. The molecule has 2 aliphatic rings. The first-order chi connectivity index (χ1) is 15.0. The highest BCUT2D eigenvalue weighted by Crippen LogP contribution is 2.32. The molecule has 0 bridgehead atoms. The smallest absolute Gasteiger partial charge is 0.188 e. The van der Waals surface area contributed by atoms with Crippen molar-refractivity contribution in [2.24, 2.45) is 0 Å². The molecule has 2 aliphatic heterocycles. The Hall–Kier alpha value is -2.12. The molecule has 2 atom stereocenters. The largest absolute Gasteiger partial charge is 0.468 e. The molecule has 6 heteroatoms. The molecule has 2 heterocycles. The first-order valence-electron chi connectivity index (χ1n) is 10.8. The fourth-order valence-corrected chi connectivity index (χ4v) is 1.99. The molecule has 2 aromatic carbocycles. The summed E-state index contributed by atoms with van der Waals surface area (Å²) < 4.78 is 74.3. The van der Waals surface area contributed by atoms with E-state index in [1.807, 2.05) is 0 Å². The first-order valence-corrected chi connectivity index (χ1v) is 7.84. The van der Waals surface area contributed by atoms with Gasteiger partial charge in [0, 0.05) is 14.2 Å². The van der Waals surface area contributed by atoms with Crippen LogP contribution in [0.2, 0.25) is 0 Å². The molecule has 0 amide bonds. The standard InChI is InChI=1S/2C10H12O3/c2*1-11-7-13-9-4-2-3-8(5-9)10-6-12-10/h2*2-5,10H,6-7H2,1H3/t10-;/m0./s1/i2*6D2,10D. The first kappa shape index (κ1) is 12.3. The summed E-state index contributed by atoms with van der Waals surface area (Å²) in [6, 6.07) is 13.2. The van der Waals surface area contributed by atoms with E-state index in [2.05, 4.69) is 0 Å². The van der Waals surface area contributed by atoms with Crippen molar-refractivity contribution in [3.05, 3.63) is 59.7 Å². The molecular weight excluding hydrogens is 336 g/mol. The van der Waals surface area contributed by atoms with Gasteiger partial charge in [0.1, 0.15) is 23.7 Å². The van der Waals surface area contributed by atoms with Gasteiger partial charge in [-0.2, -0.15) is 0 Å². The van der Waals surface area contributed by atoms with Crippen LogP contribution in [0.4, 0.5) is 0 Å². The fourth-order valence-electron chi connectivity index (χ4n) is 1.99. The van der Waals surface area contributed by atoms with Crippen molar-refractivity contribution in [3.63, 3.8) is 0 Å². The molecule has 2 saturated heterocycles. The molecule has 2 aromatic rings. The van der Waals surface area contributed by atoms with Crippen LogP contribution in [0.5, 0.6) is 11.5 Å². The van der Waals surface area contributed by atoms with E-state index in [0.29, 0.717) is 22.6 Å². The summed E-state index contributed by atoms with van der Waals surface area (Å²) in [5.41, 5.74) is 0.872. The summed E-state index contributed by atoms with van der Waals surface area (Å²) in [4.78, 5) is 0. The van der Waals surface area contributed by atoms with Gasteiger partial charge >= 0.3 is 0 Å². The van der Waals surface area contributed by atoms with Crippen molar-refractivity contribution in [2.75, 3.05) is 40.9 Å². The molecule has 0 N–H and O–H groups in total. The fraction of sp³-hybridized carbons (Fsp3) is 0.400. The topological polar surface area (TPSA) is 62.0 Å². The zero-order valence-corrected chi connectivity index (χ0v) is 14.5. The lowest BCUT2D eigenvalue weighted by Crippen LogP contribution is -1.98. The molecule has 26 heavy (non-hydrogen) atoms. The van der Waals surface area contributed by atoms with Crippen LogP contribution in [0.1, 0.15) is 31.5 Å². The lowest BCUT2D eigenvalue weighted by Gasteiger charge is -2.05. The summed E-state index contributed by atoms with van der Waals surface area (Å²) >= 11 is 0. The number of epoxide rings is 2. The molecule has 0 aliphatic carbocycles. The molecule has 2 fully saturated rings. The third-order valence-electron chi connectivity index (χ3n) is 3.29. The lowest BCUT2D eigenvalue weighted by atomic mass is 10.1. The average Bonchev–Trinajstić information content (AvgIpc) is 3.51. The van der Waals surface area contributed by atoms with Gasteiger partial charge in [-0.25, -0.2) is 0 Å². The molecule has 0 saturated carbocycles. The summed E-state index contributed by atoms with van der Waals surface area (Å²) in [6.45, 7) is -3.62. The van der Waals surface area contributed by atoms with Crippen LogP contribution in [0.15, 0.2) is 48.5 Å². The van der Waals surface area contributed by atoms with Gasteiger partial charge in [0.2, 0.25) is 0 Å². The minimum absolute atomic E-state index is 0.113. The van der Waals surface area contributed by atoms with E-state index in [0.717, 1.165) is 0 Å². The number of benzene rings is 2. The predicted octanol–water partition coefficient (Wildman–Crippen LogP) is 3.48. The Morgan fingerprint density at radius 1 is 0.885 bits per heavy atom. The lowest BCUT2D eigenvalue weighted by molar-refractivity contribution is 0.0509. The normalized spacial score (nSPS) is 32.8. The SMILES string of the molecule is [2H]C1([2H])OC1([2H])c1cccc(OCOC)c1.[2H]C1([2H])O[C@]1([2H])c1cccc(OCOC)c1. The van der Waals surface area contributed by atoms with Gasteiger partial charge in [-0.1, -0.05) is 24.3 Å².